The number of aryl methyl sites for hydroxylation is 2. The number of carbonyl (C=O) groups is 1. The van der Waals surface area contributed by atoms with Gasteiger partial charge in [0.2, 0.25) is 5.91 Å². The molecule has 120 valence electrons. The molecule has 6 nitrogen and oxygen atoms in total. The number of rotatable bonds is 5. The molecule has 0 saturated carbocycles. The minimum absolute atomic E-state index is 0.209. The molecule has 0 bridgehead atoms. The quantitative estimate of drug-likeness (QED) is 0.914. The van der Waals surface area contributed by atoms with E-state index in [9.17, 15) is 18.0 Å². The summed E-state index contributed by atoms with van der Waals surface area (Å²) in [5, 5.41) is 10.3. The Kier molecular flexibility index (Phi) is 4.53. The Hall–Kier alpha value is -2.32. The van der Waals surface area contributed by atoms with Crippen LogP contribution in [0.15, 0.2) is 18.5 Å². The summed E-state index contributed by atoms with van der Waals surface area (Å²) in [7, 11) is 0. The van der Waals surface area contributed by atoms with Crippen molar-refractivity contribution in [3.05, 3.63) is 35.4 Å². The van der Waals surface area contributed by atoms with Gasteiger partial charge in [0.25, 0.3) is 0 Å². The highest BCUT2D eigenvalue weighted by molar-refractivity contribution is 5.75. The number of nitrogens with zero attached hydrogens (tertiary/aromatic N) is 4. The van der Waals surface area contributed by atoms with Crippen molar-refractivity contribution in [2.45, 2.75) is 39.7 Å². The average Bonchev–Trinajstić information content (AvgIpc) is 3.02. The molecular formula is C13H16F3N5O. The Balaban J connectivity index is 1.97. The number of alkyl halides is 3. The van der Waals surface area contributed by atoms with Crippen LogP contribution in [0.5, 0.6) is 0 Å². The van der Waals surface area contributed by atoms with Crippen LogP contribution in [0.4, 0.5) is 13.2 Å². The van der Waals surface area contributed by atoms with Crippen molar-refractivity contribution >= 4 is 5.91 Å². The standard InChI is InChI=1S/C13H16F3N5O/c1-3-20-7-10(6-18-20)5-17-12(22)8-21-11(13(14,15)16)4-9(2)19-21/h4,6-7H,3,5,8H2,1-2H3,(H,17,22). The summed E-state index contributed by atoms with van der Waals surface area (Å²) in [5.74, 6) is -0.544. The minimum Gasteiger partial charge on any atom is -0.350 e. The number of halogens is 3. The summed E-state index contributed by atoms with van der Waals surface area (Å²) in [6.07, 6.45) is -1.17. The van der Waals surface area contributed by atoms with E-state index in [4.69, 9.17) is 0 Å². The lowest BCUT2D eigenvalue weighted by molar-refractivity contribution is -0.144. The van der Waals surface area contributed by atoms with Crippen molar-refractivity contribution in [2.24, 2.45) is 0 Å². The van der Waals surface area contributed by atoms with E-state index in [0.717, 1.165) is 11.6 Å². The molecule has 0 spiro atoms. The summed E-state index contributed by atoms with van der Waals surface area (Å²) in [6, 6.07) is 0.915. The number of amides is 1. The first-order valence-corrected chi connectivity index (χ1v) is 6.69. The molecule has 0 radical (unpaired) electrons. The van der Waals surface area contributed by atoms with Crippen LogP contribution in [0.25, 0.3) is 0 Å². The van der Waals surface area contributed by atoms with Gasteiger partial charge in [0.15, 0.2) is 0 Å². The smallest absolute Gasteiger partial charge is 0.350 e. The van der Waals surface area contributed by atoms with Gasteiger partial charge in [-0.1, -0.05) is 0 Å². The molecule has 0 aromatic carbocycles. The van der Waals surface area contributed by atoms with Crippen molar-refractivity contribution in [1.29, 1.82) is 0 Å². The van der Waals surface area contributed by atoms with Gasteiger partial charge in [0, 0.05) is 24.8 Å². The van der Waals surface area contributed by atoms with Crippen LogP contribution in [0.2, 0.25) is 0 Å². The average molecular weight is 315 g/mol. The van der Waals surface area contributed by atoms with Crippen LogP contribution in [0, 0.1) is 6.92 Å². The molecule has 2 aromatic heterocycles. The lowest BCUT2D eigenvalue weighted by Crippen LogP contribution is -2.29. The molecule has 2 rings (SSSR count). The van der Waals surface area contributed by atoms with Crippen molar-refractivity contribution < 1.29 is 18.0 Å². The normalized spacial score (nSPS) is 11.7. The lowest BCUT2D eigenvalue weighted by atomic mass is 10.3. The maximum atomic E-state index is 12.8. The largest absolute Gasteiger partial charge is 0.433 e. The fraction of sp³-hybridized carbons (Fsp3) is 0.462. The van der Waals surface area contributed by atoms with E-state index in [0.29, 0.717) is 11.2 Å². The zero-order valence-electron chi connectivity index (χ0n) is 12.2. The maximum absolute atomic E-state index is 12.8. The minimum atomic E-state index is -4.54. The lowest BCUT2D eigenvalue weighted by Gasteiger charge is -2.10. The number of hydrogen-bond acceptors (Lipinski definition) is 3. The third-order valence-electron chi connectivity index (χ3n) is 2.99. The van der Waals surface area contributed by atoms with Crippen LogP contribution in [0.3, 0.4) is 0 Å². The van der Waals surface area contributed by atoms with Gasteiger partial charge in [-0.05, 0) is 19.9 Å². The summed E-state index contributed by atoms with van der Waals surface area (Å²) >= 11 is 0. The van der Waals surface area contributed by atoms with Crippen LogP contribution < -0.4 is 5.32 Å². The first kappa shape index (κ1) is 16.1. The molecule has 0 aliphatic carbocycles. The van der Waals surface area contributed by atoms with E-state index in [2.05, 4.69) is 15.5 Å². The maximum Gasteiger partial charge on any atom is 0.433 e. The van der Waals surface area contributed by atoms with E-state index < -0.39 is 24.3 Å². The number of carbonyl (C=O) groups excluding carboxylic acids is 1. The first-order valence-electron chi connectivity index (χ1n) is 6.69. The molecule has 1 N–H and O–H groups in total. The molecule has 2 heterocycles. The Labute approximate surface area is 124 Å². The summed E-state index contributed by atoms with van der Waals surface area (Å²) in [4.78, 5) is 11.8. The van der Waals surface area contributed by atoms with Crippen molar-refractivity contribution in [1.82, 2.24) is 24.9 Å². The zero-order valence-corrected chi connectivity index (χ0v) is 12.2. The van der Waals surface area contributed by atoms with Gasteiger partial charge in [0.05, 0.1) is 11.9 Å². The Bertz CT molecular complexity index is 659. The summed E-state index contributed by atoms with van der Waals surface area (Å²) in [5.41, 5.74) is 0.0613. The molecule has 0 aliphatic heterocycles. The van der Waals surface area contributed by atoms with E-state index in [1.54, 1.807) is 17.1 Å². The number of aromatic nitrogens is 4. The van der Waals surface area contributed by atoms with E-state index in [1.165, 1.54) is 6.92 Å². The molecule has 2 aromatic rings. The van der Waals surface area contributed by atoms with Crippen LogP contribution >= 0.6 is 0 Å². The molecule has 0 unspecified atom stereocenters. The Morgan fingerprint density at radius 1 is 1.41 bits per heavy atom. The first-order chi connectivity index (χ1) is 10.3. The molecule has 0 atom stereocenters. The summed E-state index contributed by atoms with van der Waals surface area (Å²) < 4.78 is 40.8. The van der Waals surface area contributed by atoms with Gasteiger partial charge < -0.3 is 5.32 Å². The van der Waals surface area contributed by atoms with E-state index in [-0.39, 0.29) is 12.2 Å². The molecule has 9 heteroatoms. The SMILES string of the molecule is CCn1cc(CNC(=O)Cn2nc(C)cc2C(F)(F)F)cn1. The van der Waals surface area contributed by atoms with Gasteiger partial charge >= 0.3 is 6.18 Å². The van der Waals surface area contributed by atoms with Gasteiger partial charge in [-0.25, -0.2) is 0 Å². The van der Waals surface area contributed by atoms with Gasteiger partial charge in [-0.2, -0.15) is 23.4 Å². The highest BCUT2D eigenvalue weighted by atomic mass is 19.4. The molecule has 0 fully saturated rings. The zero-order chi connectivity index (χ0) is 16.3. The fourth-order valence-electron chi connectivity index (χ4n) is 1.96. The molecule has 22 heavy (non-hydrogen) atoms. The van der Waals surface area contributed by atoms with Crippen LogP contribution in [-0.4, -0.2) is 25.5 Å². The summed E-state index contributed by atoms with van der Waals surface area (Å²) in [6.45, 7) is 3.80. The second-order valence-electron chi connectivity index (χ2n) is 4.81. The predicted octanol–water partition coefficient (Wildman–Crippen LogP) is 1.74. The second-order valence-corrected chi connectivity index (χ2v) is 4.81. The topological polar surface area (TPSA) is 64.7 Å². The highest BCUT2D eigenvalue weighted by Crippen LogP contribution is 2.29. The molecular weight excluding hydrogens is 299 g/mol. The fourth-order valence-corrected chi connectivity index (χ4v) is 1.96. The van der Waals surface area contributed by atoms with E-state index in [1.807, 2.05) is 6.92 Å². The van der Waals surface area contributed by atoms with Crippen LogP contribution in [-0.2, 0) is 30.6 Å². The molecule has 1 amide bonds. The number of hydrogen-bond donors (Lipinski definition) is 1. The van der Waals surface area contributed by atoms with Crippen LogP contribution in [0.1, 0.15) is 23.9 Å². The predicted molar refractivity (Wildman–Crippen MR) is 71.7 cm³/mol. The Morgan fingerprint density at radius 3 is 2.73 bits per heavy atom. The monoisotopic (exact) mass is 315 g/mol. The molecule has 0 saturated heterocycles. The number of nitrogens with one attached hydrogen (secondary N) is 1. The third-order valence-corrected chi connectivity index (χ3v) is 2.99. The van der Waals surface area contributed by atoms with Gasteiger partial charge in [-0.3, -0.25) is 14.2 Å². The highest BCUT2D eigenvalue weighted by Gasteiger charge is 2.35. The van der Waals surface area contributed by atoms with Gasteiger partial charge in [0.1, 0.15) is 12.2 Å². The van der Waals surface area contributed by atoms with Gasteiger partial charge in [-0.15, -0.1) is 0 Å². The van der Waals surface area contributed by atoms with Crippen molar-refractivity contribution in [3.63, 3.8) is 0 Å². The van der Waals surface area contributed by atoms with Crippen molar-refractivity contribution in [2.75, 3.05) is 0 Å². The third kappa shape index (κ3) is 3.86. The van der Waals surface area contributed by atoms with E-state index >= 15 is 0 Å². The molecule has 0 aliphatic rings. The Morgan fingerprint density at radius 2 is 2.14 bits per heavy atom. The van der Waals surface area contributed by atoms with Crippen molar-refractivity contribution in [3.8, 4) is 0 Å². The second kappa shape index (κ2) is 6.20.